The Morgan fingerprint density at radius 1 is 1.18 bits per heavy atom. The van der Waals surface area contributed by atoms with E-state index in [4.69, 9.17) is 0 Å². The van der Waals surface area contributed by atoms with Crippen molar-refractivity contribution in [2.75, 3.05) is 11.9 Å². The summed E-state index contributed by atoms with van der Waals surface area (Å²) >= 11 is 0. The zero-order chi connectivity index (χ0) is 24.1. The molecular weight excluding hydrogens is 460 g/mol. The molecule has 2 aliphatic rings. The maximum absolute atomic E-state index is 14.4. The lowest BCUT2D eigenvalue weighted by Crippen LogP contribution is -2.35. The molecule has 178 valence electrons. The van der Waals surface area contributed by atoms with E-state index >= 15 is 0 Å². The molecule has 0 unspecified atom stereocenters. The predicted octanol–water partition coefficient (Wildman–Crippen LogP) is 1.77. The number of rotatable bonds is 4. The number of aliphatic hydroxyl groups excluding tert-OH is 2. The molecule has 5 rings (SSSR count). The first-order valence-electron chi connectivity index (χ1n) is 10.3. The van der Waals surface area contributed by atoms with Gasteiger partial charge >= 0.3 is 0 Å². The summed E-state index contributed by atoms with van der Waals surface area (Å²) in [6.07, 6.45) is -0.0752. The Balaban J connectivity index is 1.52. The van der Waals surface area contributed by atoms with E-state index in [2.05, 4.69) is 25.5 Å². The van der Waals surface area contributed by atoms with Crippen LogP contribution in [0.1, 0.15) is 28.5 Å². The maximum atomic E-state index is 14.4. The molecule has 13 heteroatoms. The van der Waals surface area contributed by atoms with Crippen molar-refractivity contribution in [2.24, 2.45) is 0 Å². The van der Waals surface area contributed by atoms with Crippen molar-refractivity contribution in [2.45, 2.75) is 36.9 Å². The van der Waals surface area contributed by atoms with Crippen molar-refractivity contribution in [1.29, 1.82) is 0 Å². The van der Waals surface area contributed by atoms with Gasteiger partial charge in [-0.2, -0.15) is 5.10 Å². The lowest BCUT2D eigenvalue weighted by atomic mass is 10.0. The third kappa shape index (κ3) is 3.66. The number of amides is 1. The van der Waals surface area contributed by atoms with Gasteiger partial charge in [0.1, 0.15) is 42.0 Å². The van der Waals surface area contributed by atoms with Gasteiger partial charge in [-0.3, -0.25) is 9.89 Å². The molecule has 0 spiro atoms. The number of carbonyl (C=O) groups is 1. The molecular formula is C21H18F4N6O3. The van der Waals surface area contributed by atoms with Gasteiger partial charge in [0.2, 0.25) is 0 Å². The van der Waals surface area contributed by atoms with Gasteiger partial charge in [0, 0.05) is 18.1 Å². The van der Waals surface area contributed by atoms with Crippen LogP contribution in [0.25, 0.3) is 11.0 Å². The molecule has 9 nitrogen and oxygen atoms in total. The first kappa shape index (κ1) is 22.2. The number of H-pyrrole nitrogens is 1. The van der Waals surface area contributed by atoms with E-state index in [-0.39, 0.29) is 29.0 Å². The number of nitrogens with zero attached hydrogens (tertiary/aromatic N) is 4. The van der Waals surface area contributed by atoms with Crippen LogP contribution in [0.4, 0.5) is 23.4 Å². The third-order valence-corrected chi connectivity index (χ3v) is 5.99. The summed E-state index contributed by atoms with van der Waals surface area (Å²) in [5, 5.41) is 29.3. The van der Waals surface area contributed by atoms with Gasteiger partial charge < -0.3 is 20.4 Å². The van der Waals surface area contributed by atoms with Gasteiger partial charge in [-0.15, -0.1) is 0 Å². The number of anilines is 1. The summed E-state index contributed by atoms with van der Waals surface area (Å²) in [4.78, 5) is 22.5. The Morgan fingerprint density at radius 2 is 1.97 bits per heavy atom. The highest BCUT2D eigenvalue weighted by atomic mass is 19.2. The van der Waals surface area contributed by atoms with Crippen molar-refractivity contribution in [3.8, 4) is 0 Å². The van der Waals surface area contributed by atoms with Crippen LogP contribution in [0.15, 0.2) is 30.6 Å². The van der Waals surface area contributed by atoms with Crippen molar-refractivity contribution in [3.05, 3.63) is 59.3 Å². The van der Waals surface area contributed by atoms with Crippen LogP contribution < -0.4 is 5.32 Å². The highest BCUT2D eigenvalue weighted by Crippen LogP contribution is 2.38. The Labute approximate surface area is 189 Å². The predicted molar refractivity (Wildman–Crippen MR) is 110 cm³/mol. The van der Waals surface area contributed by atoms with Crippen LogP contribution in [0.3, 0.4) is 0 Å². The topological polar surface area (TPSA) is 127 Å². The largest absolute Gasteiger partial charge is 0.388 e. The van der Waals surface area contributed by atoms with Crippen LogP contribution in [0.2, 0.25) is 0 Å². The van der Waals surface area contributed by atoms with Gasteiger partial charge in [-0.1, -0.05) is 12.2 Å². The van der Waals surface area contributed by atoms with Crippen molar-refractivity contribution < 1.29 is 32.6 Å². The molecule has 3 heterocycles. The average Bonchev–Trinajstić information content (AvgIpc) is 3.49. The molecule has 1 aliphatic carbocycles. The van der Waals surface area contributed by atoms with E-state index < -0.39 is 65.9 Å². The number of halogens is 4. The van der Waals surface area contributed by atoms with E-state index in [9.17, 15) is 32.6 Å². The van der Waals surface area contributed by atoms with Crippen molar-refractivity contribution in [3.63, 3.8) is 0 Å². The maximum Gasteiger partial charge on any atom is 0.273 e. The number of nitrogens with one attached hydrogen (secondary N) is 2. The molecule has 34 heavy (non-hydrogen) atoms. The Kier molecular flexibility index (Phi) is 5.44. The number of likely N-dealkylation sites (tertiary alicyclic amines) is 1. The smallest absolute Gasteiger partial charge is 0.273 e. The molecule has 2 aromatic heterocycles. The second-order valence-electron chi connectivity index (χ2n) is 8.15. The standard InChI is InChI=1S/C21H18F4N6O3/c22-8-3-10(16(25)11(24)4-8)13-5-9(23)6-31(13)21(34)17-15-19(26-7-27-20(15)30-29-17)28-12-1-2-14(32)18(12)33/h1-4,7,9,12-14,18,32-33H,5-6H2,(H2,26,27,28,29,30)/t9-,12+,13+,14+,18-/m0/s1. The van der Waals surface area contributed by atoms with E-state index in [0.717, 1.165) is 11.0 Å². The molecule has 1 aliphatic heterocycles. The minimum absolute atomic E-state index is 0.0772. The SMILES string of the molecule is O=C(c1[nH]nc2ncnc(N[C@@H]3C=C[C@@H](O)[C@H]3O)c12)N1C[C@@H](F)C[C@@H]1c1cc(F)cc(F)c1F. The number of aromatic amines is 1. The molecule has 0 saturated carbocycles. The molecule has 0 bridgehead atoms. The van der Waals surface area contributed by atoms with Crippen molar-refractivity contribution in [1.82, 2.24) is 25.1 Å². The van der Waals surface area contributed by atoms with Crippen LogP contribution in [-0.2, 0) is 0 Å². The molecule has 1 amide bonds. The third-order valence-electron chi connectivity index (χ3n) is 5.99. The van der Waals surface area contributed by atoms with Gasteiger partial charge in [-0.05, 0) is 6.07 Å². The summed E-state index contributed by atoms with van der Waals surface area (Å²) in [5.74, 6) is -4.57. The fraction of sp³-hybridized carbons (Fsp3) is 0.333. The monoisotopic (exact) mass is 478 g/mol. The number of aromatic nitrogens is 4. The second-order valence-corrected chi connectivity index (χ2v) is 8.15. The summed E-state index contributed by atoms with van der Waals surface area (Å²) < 4.78 is 56.4. The molecule has 1 aromatic carbocycles. The summed E-state index contributed by atoms with van der Waals surface area (Å²) in [6, 6.07) is -0.887. The van der Waals surface area contributed by atoms with E-state index in [1.54, 1.807) is 0 Å². The molecule has 1 saturated heterocycles. The molecule has 5 atom stereocenters. The summed E-state index contributed by atoms with van der Waals surface area (Å²) in [7, 11) is 0. The van der Waals surface area contributed by atoms with Crippen LogP contribution in [0.5, 0.6) is 0 Å². The lowest BCUT2D eigenvalue weighted by molar-refractivity contribution is 0.0552. The normalized spacial score (nSPS) is 26.5. The van der Waals surface area contributed by atoms with Gasteiger partial charge in [-0.25, -0.2) is 27.5 Å². The quantitative estimate of drug-likeness (QED) is 0.256. The molecule has 1 fully saturated rings. The van der Waals surface area contributed by atoms with Crippen LogP contribution in [0, 0.1) is 17.5 Å². The Hall–Kier alpha value is -3.58. The number of alkyl halides is 1. The van der Waals surface area contributed by atoms with Gasteiger partial charge in [0.15, 0.2) is 17.3 Å². The second kappa shape index (κ2) is 8.33. The zero-order valence-electron chi connectivity index (χ0n) is 17.3. The highest BCUT2D eigenvalue weighted by molar-refractivity contribution is 6.08. The zero-order valence-corrected chi connectivity index (χ0v) is 17.3. The first-order valence-corrected chi connectivity index (χ1v) is 10.3. The number of carbonyl (C=O) groups excluding carboxylic acids is 1. The first-order chi connectivity index (χ1) is 16.2. The highest BCUT2D eigenvalue weighted by Gasteiger charge is 2.40. The fourth-order valence-electron chi connectivity index (χ4n) is 4.35. The number of hydrogen-bond donors (Lipinski definition) is 4. The molecule has 3 aromatic rings. The number of benzene rings is 1. The molecule has 4 N–H and O–H groups in total. The van der Waals surface area contributed by atoms with Crippen molar-refractivity contribution >= 4 is 22.8 Å². The Morgan fingerprint density at radius 3 is 2.71 bits per heavy atom. The van der Waals surface area contributed by atoms with Gasteiger partial charge in [0.25, 0.3) is 5.91 Å². The minimum Gasteiger partial charge on any atom is -0.388 e. The minimum atomic E-state index is -1.55. The van der Waals surface area contributed by atoms with Crippen LogP contribution in [-0.4, -0.2) is 72.2 Å². The van der Waals surface area contributed by atoms with E-state index in [1.807, 2.05) is 0 Å². The summed E-state index contributed by atoms with van der Waals surface area (Å²) in [5.41, 5.74) is -0.558. The van der Waals surface area contributed by atoms with Crippen LogP contribution >= 0.6 is 0 Å². The fourth-order valence-corrected chi connectivity index (χ4v) is 4.35. The number of fused-ring (bicyclic) bond motifs is 1. The Bertz CT molecular complexity index is 1300. The van der Waals surface area contributed by atoms with Gasteiger partial charge in [0.05, 0.1) is 24.0 Å². The molecule has 0 radical (unpaired) electrons. The van der Waals surface area contributed by atoms with E-state index in [1.165, 1.54) is 18.5 Å². The number of hydrogen-bond acceptors (Lipinski definition) is 7. The average molecular weight is 478 g/mol. The van der Waals surface area contributed by atoms with E-state index in [0.29, 0.717) is 6.07 Å². The number of aliphatic hydroxyl groups is 2. The lowest BCUT2D eigenvalue weighted by Gasteiger charge is -2.25. The summed E-state index contributed by atoms with van der Waals surface area (Å²) in [6.45, 7) is -0.436.